The van der Waals surface area contributed by atoms with E-state index in [1.54, 1.807) is 0 Å². The Morgan fingerprint density at radius 1 is 1.29 bits per heavy atom. The molecule has 3 N–H and O–H groups in total. The molecule has 2 atom stereocenters. The van der Waals surface area contributed by atoms with Gasteiger partial charge >= 0.3 is 0 Å². The van der Waals surface area contributed by atoms with Crippen LogP contribution in [0.15, 0.2) is 29.3 Å². The summed E-state index contributed by atoms with van der Waals surface area (Å²) in [7, 11) is 1.81. The first-order chi connectivity index (χ1) is 13.5. The lowest BCUT2D eigenvalue weighted by molar-refractivity contribution is -0.122. The third kappa shape index (κ3) is 5.25. The lowest BCUT2D eigenvalue weighted by atomic mass is 9.85. The summed E-state index contributed by atoms with van der Waals surface area (Å²) in [5.74, 6) is 1.76. The molecule has 6 nitrogen and oxygen atoms in total. The highest BCUT2D eigenvalue weighted by molar-refractivity contribution is 5.93. The second kappa shape index (κ2) is 9.41. The van der Waals surface area contributed by atoms with E-state index in [1.807, 2.05) is 25.2 Å². The number of benzene rings is 1. The van der Waals surface area contributed by atoms with Gasteiger partial charge in [-0.1, -0.05) is 25.5 Å². The van der Waals surface area contributed by atoms with Crippen LogP contribution in [0.5, 0.6) is 0 Å². The van der Waals surface area contributed by atoms with Crippen LogP contribution in [0.3, 0.4) is 0 Å². The Bertz CT molecular complexity index is 698. The van der Waals surface area contributed by atoms with Gasteiger partial charge in [-0.3, -0.25) is 14.7 Å². The first kappa shape index (κ1) is 20.6. The van der Waals surface area contributed by atoms with Crippen LogP contribution in [0.1, 0.15) is 45.6 Å². The van der Waals surface area contributed by atoms with Gasteiger partial charge in [-0.25, -0.2) is 0 Å². The van der Waals surface area contributed by atoms with Gasteiger partial charge in [0.05, 0.1) is 0 Å². The van der Waals surface area contributed by atoms with Gasteiger partial charge in [0.1, 0.15) is 0 Å². The quantitative estimate of drug-likeness (QED) is 0.520. The Kier molecular flexibility index (Phi) is 6.94. The molecule has 154 valence electrons. The van der Waals surface area contributed by atoms with Crippen molar-refractivity contribution in [2.75, 3.05) is 25.5 Å². The van der Waals surface area contributed by atoms with Crippen LogP contribution in [-0.4, -0.2) is 49.0 Å². The molecule has 1 aromatic rings. The van der Waals surface area contributed by atoms with Crippen LogP contribution in [0.4, 0.5) is 5.69 Å². The molecule has 0 aromatic heterocycles. The summed E-state index contributed by atoms with van der Waals surface area (Å²) in [6.07, 6.45) is 3.20. The van der Waals surface area contributed by atoms with Crippen molar-refractivity contribution in [1.82, 2.24) is 15.5 Å². The molecule has 1 saturated carbocycles. The van der Waals surface area contributed by atoms with Crippen LogP contribution in [0, 0.1) is 11.8 Å². The predicted octanol–water partition coefficient (Wildman–Crippen LogP) is 2.82. The Morgan fingerprint density at radius 2 is 2.07 bits per heavy atom. The van der Waals surface area contributed by atoms with E-state index in [-0.39, 0.29) is 11.8 Å². The van der Waals surface area contributed by atoms with E-state index in [9.17, 15) is 4.79 Å². The number of guanidine groups is 1. The molecule has 2 unspecified atom stereocenters. The zero-order valence-corrected chi connectivity index (χ0v) is 17.7. The van der Waals surface area contributed by atoms with E-state index < -0.39 is 0 Å². The molecule has 0 radical (unpaired) electrons. The fourth-order valence-corrected chi connectivity index (χ4v) is 3.84. The van der Waals surface area contributed by atoms with Crippen molar-refractivity contribution in [2.45, 2.75) is 58.7 Å². The van der Waals surface area contributed by atoms with E-state index in [2.05, 4.69) is 52.7 Å². The standard InChI is InChI=1S/C22H35N5O/c1-15(2)27-13-16(3)20(14-27)26-22(23-4)24-12-17-7-5-10-19(11-17)25-21(28)18-8-6-9-18/h5,7,10-11,15-16,18,20H,6,8-9,12-14H2,1-4H3,(H,25,28)(H2,23,24,26). The molecule has 1 saturated heterocycles. The van der Waals surface area contributed by atoms with Crippen molar-refractivity contribution >= 4 is 17.6 Å². The van der Waals surface area contributed by atoms with Crippen molar-refractivity contribution in [2.24, 2.45) is 16.8 Å². The number of nitrogens with one attached hydrogen (secondary N) is 3. The summed E-state index contributed by atoms with van der Waals surface area (Å²) in [6, 6.07) is 9.02. The summed E-state index contributed by atoms with van der Waals surface area (Å²) in [6.45, 7) is 9.62. The lowest BCUT2D eigenvalue weighted by Gasteiger charge is -2.24. The molecule has 1 aliphatic carbocycles. The highest BCUT2D eigenvalue weighted by Gasteiger charge is 2.31. The van der Waals surface area contributed by atoms with Crippen molar-refractivity contribution < 1.29 is 4.79 Å². The molecule has 0 spiro atoms. The van der Waals surface area contributed by atoms with Gasteiger partial charge in [0.15, 0.2) is 5.96 Å². The number of carbonyl (C=O) groups is 1. The van der Waals surface area contributed by atoms with E-state index in [0.717, 1.165) is 43.1 Å². The van der Waals surface area contributed by atoms with Crippen molar-refractivity contribution in [1.29, 1.82) is 0 Å². The second-order valence-electron chi connectivity index (χ2n) is 8.52. The fourth-order valence-electron chi connectivity index (χ4n) is 3.84. The minimum absolute atomic E-state index is 0.152. The van der Waals surface area contributed by atoms with Crippen LogP contribution in [-0.2, 0) is 11.3 Å². The number of anilines is 1. The Balaban J connectivity index is 1.51. The highest BCUT2D eigenvalue weighted by Crippen LogP contribution is 2.27. The van der Waals surface area contributed by atoms with Crippen LogP contribution >= 0.6 is 0 Å². The maximum absolute atomic E-state index is 12.2. The minimum Gasteiger partial charge on any atom is -0.352 e. The Labute approximate surface area is 169 Å². The fraction of sp³-hybridized carbons (Fsp3) is 0.636. The SMILES string of the molecule is CN=C(NCc1cccc(NC(=O)C2CCC2)c1)NC1CN(C(C)C)CC1C. The summed E-state index contributed by atoms with van der Waals surface area (Å²) in [5.41, 5.74) is 1.99. The topological polar surface area (TPSA) is 68.8 Å². The molecule has 1 aromatic carbocycles. The zero-order chi connectivity index (χ0) is 20.1. The molecule has 3 rings (SSSR count). The first-order valence-corrected chi connectivity index (χ1v) is 10.6. The normalized spacial score (nSPS) is 23.5. The van der Waals surface area contributed by atoms with Gasteiger partial charge < -0.3 is 16.0 Å². The third-order valence-corrected chi connectivity index (χ3v) is 6.05. The van der Waals surface area contributed by atoms with Crippen molar-refractivity contribution in [3.63, 3.8) is 0 Å². The highest BCUT2D eigenvalue weighted by atomic mass is 16.1. The molecule has 2 aliphatic rings. The van der Waals surface area contributed by atoms with Gasteiger partial charge in [0.25, 0.3) is 0 Å². The van der Waals surface area contributed by atoms with E-state index in [0.29, 0.717) is 24.5 Å². The average molecular weight is 386 g/mol. The Hall–Kier alpha value is -2.08. The number of hydrogen-bond donors (Lipinski definition) is 3. The molecule has 2 fully saturated rings. The van der Waals surface area contributed by atoms with E-state index in [4.69, 9.17) is 0 Å². The molecule has 1 aliphatic heterocycles. The summed E-state index contributed by atoms with van der Waals surface area (Å²) < 4.78 is 0. The number of nitrogens with zero attached hydrogens (tertiary/aromatic N) is 2. The van der Waals surface area contributed by atoms with E-state index in [1.165, 1.54) is 6.42 Å². The largest absolute Gasteiger partial charge is 0.352 e. The number of rotatable bonds is 6. The van der Waals surface area contributed by atoms with E-state index >= 15 is 0 Å². The monoisotopic (exact) mass is 385 g/mol. The van der Waals surface area contributed by atoms with Crippen LogP contribution < -0.4 is 16.0 Å². The van der Waals surface area contributed by atoms with Crippen LogP contribution in [0.25, 0.3) is 0 Å². The van der Waals surface area contributed by atoms with Gasteiger partial charge in [0, 0.05) is 50.4 Å². The maximum Gasteiger partial charge on any atom is 0.227 e. The van der Waals surface area contributed by atoms with Crippen molar-refractivity contribution in [3.8, 4) is 0 Å². The molecular formula is C22H35N5O. The number of amides is 1. The number of likely N-dealkylation sites (tertiary alicyclic amines) is 1. The van der Waals surface area contributed by atoms with Gasteiger partial charge in [-0.15, -0.1) is 0 Å². The Morgan fingerprint density at radius 3 is 2.68 bits per heavy atom. The summed E-state index contributed by atoms with van der Waals surface area (Å²) in [5, 5.41) is 10.0. The maximum atomic E-state index is 12.2. The van der Waals surface area contributed by atoms with Crippen LogP contribution in [0.2, 0.25) is 0 Å². The summed E-state index contributed by atoms with van der Waals surface area (Å²) >= 11 is 0. The smallest absolute Gasteiger partial charge is 0.227 e. The van der Waals surface area contributed by atoms with Gasteiger partial charge in [-0.2, -0.15) is 0 Å². The molecule has 6 heteroatoms. The molecule has 28 heavy (non-hydrogen) atoms. The third-order valence-electron chi connectivity index (χ3n) is 6.05. The second-order valence-corrected chi connectivity index (χ2v) is 8.52. The molecule has 1 heterocycles. The lowest BCUT2D eigenvalue weighted by Crippen LogP contribution is -2.46. The number of aliphatic imine (C=N–C) groups is 1. The zero-order valence-electron chi connectivity index (χ0n) is 17.7. The average Bonchev–Trinajstić information content (AvgIpc) is 2.98. The number of carbonyl (C=O) groups excluding carboxylic acids is 1. The summed E-state index contributed by atoms with van der Waals surface area (Å²) in [4.78, 5) is 19.1. The predicted molar refractivity (Wildman–Crippen MR) is 115 cm³/mol. The van der Waals surface area contributed by atoms with Gasteiger partial charge in [0.2, 0.25) is 5.91 Å². The first-order valence-electron chi connectivity index (χ1n) is 10.6. The number of hydrogen-bond acceptors (Lipinski definition) is 3. The molecule has 0 bridgehead atoms. The molecule has 1 amide bonds. The molecular weight excluding hydrogens is 350 g/mol. The minimum atomic E-state index is 0.152. The van der Waals surface area contributed by atoms with Crippen molar-refractivity contribution in [3.05, 3.63) is 29.8 Å². The van der Waals surface area contributed by atoms with Gasteiger partial charge in [-0.05, 0) is 50.3 Å².